The van der Waals surface area contributed by atoms with E-state index in [1.807, 2.05) is 0 Å². The summed E-state index contributed by atoms with van der Waals surface area (Å²) >= 11 is -0.562. The normalized spacial score (nSPS) is 35.5. The van der Waals surface area contributed by atoms with E-state index in [0.29, 0.717) is 0 Å². The molecule has 1 aliphatic heterocycles. The van der Waals surface area contributed by atoms with Crippen LogP contribution in [0.15, 0.2) is 0 Å². The summed E-state index contributed by atoms with van der Waals surface area (Å²) in [5.41, 5.74) is -2.12. The summed E-state index contributed by atoms with van der Waals surface area (Å²) in [5.74, 6) is -2.84. The number of thioether (sulfide) groups is 1. The lowest BCUT2D eigenvalue weighted by Gasteiger charge is -2.19. The molecule has 0 bridgehead atoms. The molecule has 0 radical (unpaired) electrons. The van der Waals surface area contributed by atoms with Crippen molar-refractivity contribution in [1.29, 1.82) is 0 Å². The molecule has 1 heterocycles. The monoisotopic (exact) mass is 210 g/mol. The molecule has 0 nitrogen and oxygen atoms in total. The molecule has 2 unspecified atom stereocenters. The maximum absolute atomic E-state index is 12.4. The fraction of sp³-hybridized carbons (Fsp3) is 1.00. The first-order valence-electron chi connectivity index (χ1n) is 3.00. The molecular weight excluding hydrogens is 206 g/mol. The smallest absolute Gasteiger partial charge is 0.235 e. The zero-order valence-corrected chi connectivity index (χ0v) is 6.35. The molecule has 1 fully saturated rings. The van der Waals surface area contributed by atoms with Crippen LogP contribution in [-0.2, 0) is 0 Å². The van der Waals surface area contributed by atoms with Gasteiger partial charge in [0.05, 0.1) is 0 Å². The average molecular weight is 210 g/mol. The van der Waals surface area contributed by atoms with Gasteiger partial charge in [-0.15, -0.1) is 0 Å². The summed E-state index contributed by atoms with van der Waals surface area (Å²) in [6, 6.07) is 0. The second-order valence-electron chi connectivity index (χ2n) is 2.42. The molecule has 12 heavy (non-hydrogen) atoms. The van der Waals surface area contributed by atoms with Gasteiger partial charge in [-0.1, -0.05) is 11.8 Å². The van der Waals surface area contributed by atoms with Gasteiger partial charge in [-0.05, 0) is 0 Å². The van der Waals surface area contributed by atoms with E-state index in [1.54, 1.807) is 0 Å². The third-order valence-electron chi connectivity index (χ3n) is 1.51. The Kier molecular flexibility index (Phi) is 2.26. The van der Waals surface area contributed by atoms with Crippen molar-refractivity contribution in [2.24, 2.45) is 5.92 Å². The van der Waals surface area contributed by atoms with Gasteiger partial charge in [0.2, 0.25) is 0 Å². The second kappa shape index (κ2) is 2.71. The van der Waals surface area contributed by atoms with Gasteiger partial charge in [0.1, 0.15) is 5.92 Å². The Morgan fingerprint density at radius 1 is 1.25 bits per heavy atom. The lowest BCUT2D eigenvalue weighted by molar-refractivity contribution is -0.213. The number of hydrogen-bond donors (Lipinski definition) is 0. The van der Waals surface area contributed by atoms with E-state index in [4.69, 9.17) is 0 Å². The van der Waals surface area contributed by atoms with Gasteiger partial charge in [-0.2, -0.15) is 22.0 Å². The summed E-state index contributed by atoms with van der Waals surface area (Å²) in [4.78, 5) is 0. The maximum Gasteiger partial charge on any atom is 0.398 e. The fourth-order valence-electron chi connectivity index (χ4n) is 0.947. The molecule has 2 atom stereocenters. The van der Waals surface area contributed by atoms with Crippen LogP contribution in [0, 0.1) is 5.92 Å². The van der Waals surface area contributed by atoms with Crippen molar-refractivity contribution in [2.45, 2.75) is 23.4 Å². The quantitative estimate of drug-likeness (QED) is 0.553. The third-order valence-corrected chi connectivity index (χ3v) is 2.55. The Hall–Kier alpha value is -0.0700. The van der Waals surface area contributed by atoms with Crippen LogP contribution >= 0.6 is 11.8 Å². The number of hydrogen-bond acceptors (Lipinski definition) is 1. The summed E-state index contributed by atoms with van der Waals surface area (Å²) in [5, 5.41) is -4.02. The van der Waals surface area contributed by atoms with Crippen molar-refractivity contribution in [3.8, 4) is 0 Å². The van der Waals surface area contributed by atoms with E-state index in [1.165, 1.54) is 0 Å². The predicted molar refractivity (Wildman–Crippen MR) is 31.6 cm³/mol. The molecule has 0 aromatic heterocycles. The Morgan fingerprint density at radius 3 is 1.92 bits per heavy atom. The minimum atomic E-state index is -5.02. The van der Waals surface area contributed by atoms with Gasteiger partial charge in [-0.3, -0.25) is 0 Å². The molecule has 0 N–H and O–H groups in total. The SMILES string of the molecule is FC1CC(C(F)(F)F)C(F)(F)S1. The number of alkyl halides is 6. The van der Waals surface area contributed by atoms with Crippen molar-refractivity contribution in [2.75, 3.05) is 0 Å². The first-order chi connectivity index (χ1) is 5.23. The van der Waals surface area contributed by atoms with Crippen LogP contribution in [0.5, 0.6) is 0 Å². The highest BCUT2D eigenvalue weighted by Crippen LogP contribution is 2.55. The first-order valence-corrected chi connectivity index (χ1v) is 3.88. The highest BCUT2D eigenvalue weighted by molar-refractivity contribution is 8.01. The Balaban J connectivity index is 2.79. The Labute approximate surface area is 68.3 Å². The van der Waals surface area contributed by atoms with Gasteiger partial charge in [-0.25, -0.2) is 4.39 Å². The molecule has 0 saturated carbocycles. The number of rotatable bonds is 0. The van der Waals surface area contributed by atoms with Crippen molar-refractivity contribution in [3.05, 3.63) is 0 Å². The standard InChI is InChI=1S/C5H4F6S/c6-3-1-2(4(7,8)9)5(10,11)12-3/h2-3H,1H2. The molecule has 0 amide bonds. The molecule has 0 spiro atoms. The van der Waals surface area contributed by atoms with Crippen LogP contribution in [0.25, 0.3) is 0 Å². The van der Waals surface area contributed by atoms with E-state index in [-0.39, 0.29) is 0 Å². The van der Waals surface area contributed by atoms with Crippen LogP contribution in [0.3, 0.4) is 0 Å². The summed E-state index contributed by atoms with van der Waals surface area (Å²) in [7, 11) is 0. The molecular formula is C5H4F6S. The summed E-state index contributed by atoms with van der Waals surface area (Å²) in [6.45, 7) is 0. The topological polar surface area (TPSA) is 0 Å². The largest absolute Gasteiger partial charge is 0.398 e. The van der Waals surface area contributed by atoms with Crippen LogP contribution in [0.4, 0.5) is 26.3 Å². The van der Waals surface area contributed by atoms with Crippen LogP contribution < -0.4 is 0 Å². The van der Waals surface area contributed by atoms with E-state index in [9.17, 15) is 26.3 Å². The van der Waals surface area contributed by atoms with Crippen molar-refractivity contribution >= 4 is 11.8 Å². The first kappa shape index (κ1) is 10.0. The molecule has 7 heteroatoms. The van der Waals surface area contributed by atoms with Crippen molar-refractivity contribution < 1.29 is 26.3 Å². The molecule has 1 saturated heterocycles. The van der Waals surface area contributed by atoms with E-state index in [2.05, 4.69) is 0 Å². The fourth-order valence-corrected chi connectivity index (χ4v) is 1.97. The van der Waals surface area contributed by atoms with Gasteiger partial charge in [0, 0.05) is 6.42 Å². The lowest BCUT2D eigenvalue weighted by Crippen LogP contribution is -2.33. The average Bonchev–Trinajstić information content (AvgIpc) is 2.02. The Morgan fingerprint density at radius 2 is 1.75 bits per heavy atom. The molecule has 1 aliphatic rings. The zero-order chi connectivity index (χ0) is 9.57. The second-order valence-corrected chi connectivity index (χ2v) is 3.71. The van der Waals surface area contributed by atoms with Gasteiger partial charge in [0.15, 0.2) is 5.50 Å². The highest BCUT2D eigenvalue weighted by atomic mass is 32.2. The third kappa shape index (κ3) is 1.81. The molecule has 0 aromatic rings. The highest BCUT2D eigenvalue weighted by Gasteiger charge is 2.62. The molecule has 1 rings (SSSR count). The van der Waals surface area contributed by atoms with E-state index >= 15 is 0 Å². The van der Waals surface area contributed by atoms with Crippen molar-refractivity contribution in [3.63, 3.8) is 0 Å². The molecule has 72 valence electrons. The minimum absolute atomic E-state index is 0.562. The molecule has 0 aliphatic carbocycles. The van der Waals surface area contributed by atoms with Crippen LogP contribution in [0.2, 0.25) is 0 Å². The number of halogens is 6. The van der Waals surface area contributed by atoms with Gasteiger partial charge in [0.25, 0.3) is 0 Å². The van der Waals surface area contributed by atoms with Crippen molar-refractivity contribution in [1.82, 2.24) is 0 Å². The predicted octanol–water partition coefficient (Wildman–Crippen LogP) is 3.19. The lowest BCUT2D eigenvalue weighted by atomic mass is 10.1. The minimum Gasteiger partial charge on any atom is -0.235 e. The van der Waals surface area contributed by atoms with E-state index in [0.717, 1.165) is 0 Å². The molecule has 0 aromatic carbocycles. The van der Waals surface area contributed by atoms with Gasteiger partial charge < -0.3 is 0 Å². The maximum atomic E-state index is 12.4. The van der Waals surface area contributed by atoms with Crippen LogP contribution in [0.1, 0.15) is 6.42 Å². The van der Waals surface area contributed by atoms with E-state index < -0.39 is 41.0 Å². The summed E-state index contributed by atoms with van der Waals surface area (Å²) < 4.78 is 72.2. The Bertz CT molecular complexity index is 175. The summed E-state index contributed by atoms with van der Waals surface area (Å²) in [6.07, 6.45) is -6.17. The van der Waals surface area contributed by atoms with Crippen LogP contribution in [-0.4, -0.2) is 16.9 Å². The zero-order valence-electron chi connectivity index (χ0n) is 5.54. The van der Waals surface area contributed by atoms with Gasteiger partial charge >= 0.3 is 11.4 Å².